The van der Waals surface area contributed by atoms with Crippen molar-refractivity contribution in [2.24, 2.45) is 0 Å². The van der Waals surface area contributed by atoms with Crippen molar-refractivity contribution in [3.05, 3.63) is 28.6 Å². The number of fused-ring (bicyclic) bond motifs is 1. The summed E-state index contributed by atoms with van der Waals surface area (Å²) < 4.78 is 16.8. The van der Waals surface area contributed by atoms with Crippen LogP contribution in [0.4, 0.5) is 11.7 Å². The smallest absolute Gasteiger partial charge is 0.200 e. The van der Waals surface area contributed by atoms with Crippen molar-refractivity contribution in [2.45, 2.75) is 18.9 Å². The van der Waals surface area contributed by atoms with Crippen molar-refractivity contribution in [1.82, 2.24) is 4.98 Å². The van der Waals surface area contributed by atoms with Gasteiger partial charge >= 0.3 is 0 Å². The summed E-state index contributed by atoms with van der Waals surface area (Å²) in [6.07, 6.45) is 3.49. The number of pyridine rings is 1. The zero-order chi connectivity index (χ0) is 16.4. The summed E-state index contributed by atoms with van der Waals surface area (Å²) in [6, 6.07) is 3.56. The maximum atomic E-state index is 12.5. The van der Waals surface area contributed by atoms with Gasteiger partial charge in [0.15, 0.2) is 22.7 Å². The molecule has 0 atom stereocenters. The van der Waals surface area contributed by atoms with Crippen molar-refractivity contribution in [1.29, 1.82) is 0 Å². The van der Waals surface area contributed by atoms with E-state index in [0.717, 1.165) is 39.1 Å². The standard InChI is InChI=1S/C17H21N3O4/c21-14-11-15(20-5-9-23-10-6-20)24-16-13(14)1-4-18-17(16)19-12-2-7-22-8-3-12/h1,4,11-12H,2-3,5-10H2,(H,18,19). The van der Waals surface area contributed by atoms with Gasteiger partial charge < -0.3 is 24.1 Å². The Kier molecular flexibility index (Phi) is 4.36. The third-order valence-corrected chi connectivity index (χ3v) is 4.52. The van der Waals surface area contributed by atoms with Gasteiger partial charge in [0.2, 0.25) is 0 Å². The van der Waals surface area contributed by atoms with Crippen LogP contribution in [0.3, 0.4) is 0 Å². The second-order valence-electron chi connectivity index (χ2n) is 6.12. The third-order valence-electron chi connectivity index (χ3n) is 4.52. The van der Waals surface area contributed by atoms with Crippen molar-refractivity contribution < 1.29 is 13.9 Å². The Morgan fingerprint density at radius 1 is 1.12 bits per heavy atom. The summed E-state index contributed by atoms with van der Waals surface area (Å²) >= 11 is 0. The molecule has 0 bridgehead atoms. The molecule has 2 aromatic heterocycles. The van der Waals surface area contributed by atoms with E-state index >= 15 is 0 Å². The number of nitrogens with zero attached hydrogens (tertiary/aromatic N) is 2. The van der Waals surface area contributed by atoms with Gasteiger partial charge in [-0.1, -0.05) is 0 Å². The molecule has 7 nitrogen and oxygen atoms in total. The summed E-state index contributed by atoms with van der Waals surface area (Å²) in [7, 11) is 0. The fourth-order valence-electron chi connectivity index (χ4n) is 3.15. The number of aromatic nitrogens is 1. The molecular formula is C17H21N3O4. The molecule has 2 aliphatic rings. The first-order valence-electron chi connectivity index (χ1n) is 8.41. The predicted octanol–water partition coefficient (Wildman–Crippen LogP) is 1.62. The van der Waals surface area contributed by atoms with Crippen LogP contribution in [-0.4, -0.2) is 50.5 Å². The molecule has 2 saturated heterocycles. The molecule has 4 rings (SSSR count). The lowest BCUT2D eigenvalue weighted by Crippen LogP contribution is -2.36. The summed E-state index contributed by atoms with van der Waals surface area (Å²) in [5.41, 5.74) is 0.480. The molecule has 0 saturated carbocycles. The SMILES string of the molecule is O=c1cc(N2CCOCC2)oc2c(NC3CCOCC3)nccc12. The van der Waals surface area contributed by atoms with Crippen molar-refractivity contribution in [2.75, 3.05) is 49.7 Å². The molecule has 24 heavy (non-hydrogen) atoms. The number of morpholine rings is 1. The molecule has 128 valence electrons. The van der Waals surface area contributed by atoms with Gasteiger partial charge in [0.05, 0.1) is 18.6 Å². The monoisotopic (exact) mass is 331 g/mol. The summed E-state index contributed by atoms with van der Waals surface area (Å²) in [5.74, 6) is 1.21. The average Bonchev–Trinajstić information content (AvgIpc) is 2.64. The molecule has 2 fully saturated rings. The Morgan fingerprint density at radius 3 is 2.67 bits per heavy atom. The molecule has 0 unspecified atom stereocenters. The molecule has 0 spiro atoms. The van der Waals surface area contributed by atoms with E-state index in [9.17, 15) is 4.79 Å². The molecular weight excluding hydrogens is 310 g/mol. The topological polar surface area (TPSA) is 76.8 Å². The van der Waals surface area contributed by atoms with Crippen LogP contribution < -0.4 is 15.6 Å². The minimum Gasteiger partial charge on any atom is -0.436 e. The van der Waals surface area contributed by atoms with E-state index in [0.29, 0.717) is 35.9 Å². The minimum atomic E-state index is -0.0461. The van der Waals surface area contributed by atoms with Crippen LogP contribution in [0, 0.1) is 0 Å². The summed E-state index contributed by atoms with van der Waals surface area (Å²) in [4.78, 5) is 18.9. The second-order valence-corrected chi connectivity index (χ2v) is 6.12. The van der Waals surface area contributed by atoms with Crippen molar-refractivity contribution in [3.8, 4) is 0 Å². The molecule has 2 aliphatic heterocycles. The Bertz CT molecular complexity index is 764. The highest BCUT2D eigenvalue weighted by Crippen LogP contribution is 2.26. The maximum Gasteiger partial charge on any atom is 0.200 e. The Balaban J connectivity index is 1.70. The quantitative estimate of drug-likeness (QED) is 0.915. The van der Waals surface area contributed by atoms with Gasteiger partial charge in [0, 0.05) is 44.6 Å². The zero-order valence-electron chi connectivity index (χ0n) is 13.5. The highest BCUT2D eigenvalue weighted by atomic mass is 16.5. The Morgan fingerprint density at radius 2 is 1.88 bits per heavy atom. The Labute approximate surface area is 139 Å². The minimum absolute atomic E-state index is 0.0461. The number of ether oxygens (including phenoxy) is 2. The van der Waals surface area contributed by atoms with Gasteiger partial charge in [-0.2, -0.15) is 0 Å². The lowest BCUT2D eigenvalue weighted by atomic mass is 10.1. The van der Waals surface area contributed by atoms with Gasteiger partial charge in [-0.15, -0.1) is 0 Å². The van der Waals surface area contributed by atoms with E-state index in [2.05, 4.69) is 10.3 Å². The molecule has 0 radical (unpaired) electrons. The molecule has 4 heterocycles. The number of hydrogen-bond donors (Lipinski definition) is 1. The van der Waals surface area contributed by atoms with E-state index < -0.39 is 0 Å². The van der Waals surface area contributed by atoms with Gasteiger partial charge in [-0.25, -0.2) is 4.98 Å². The second kappa shape index (κ2) is 6.78. The van der Waals surface area contributed by atoms with Gasteiger partial charge in [-0.3, -0.25) is 4.79 Å². The fourth-order valence-corrected chi connectivity index (χ4v) is 3.15. The molecule has 2 aromatic rings. The largest absolute Gasteiger partial charge is 0.436 e. The lowest BCUT2D eigenvalue weighted by Gasteiger charge is -2.27. The summed E-state index contributed by atoms with van der Waals surface area (Å²) in [5, 5.41) is 3.97. The molecule has 0 aromatic carbocycles. The van der Waals surface area contributed by atoms with Crippen molar-refractivity contribution in [3.63, 3.8) is 0 Å². The van der Waals surface area contributed by atoms with Crippen LogP contribution in [0.1, 0.15) is 12.8 Å². The number of anilines is 2. The van der Waals surface area contributed by atoms with Gasteiger partial charge in [-0.05, 0) is 18.9 Å². The Hall–Kier alpha value is -2.12. The highest BCUT2D eigenvalue weighted by molar-refractivity contribution is 5.86. The van der Waals surface area contributed by atoms with Crippen LogP contribution in [0.15, 0.2) is 27.5 Å². The third kappa shape index (κ3) is 3.09. The van der Waals surface area contributed by atoms with E-state index in [-0.39, 0.29) is 11.5 Å². The van der Waals surface area contributed by atoms with Crippen LogP contribution in [0.25, 0.3) is 11.0 Å². The van der Waals surface area contributed by atoms with Crippen LogP contribution in [0.2, 0.25) is 0 Å². The van der Waals surface area contributed by atoms with E-state index in [1.165, 1.54) is 0 Å². The lowest BCUT2D eigenvalue weighted by molar-refractivity contribution is 0.0904. The van der Waals surface area contributed by atoms with E-state index in [4.69, 9.17) is 13.9 Å². The molecule has 0 amide bonds. The first-order valence-corrected chi connectivity index (χ1v) is 8.41. The first-order chi connectivity index (χ1) is 11.8. The van der Waals surface area contributed by atoms with E-state index in [1.54, 1.807) is 18.3 Å². The number of nitrogens with one attached hydrogen (secondary N) is 1. The molecule has 1 N–H and O–H groups in total. The predicted molar refractivity (Wildman–Crippen MR) is 90.8 cm³/mol. The van der Waals surface area contributed by atoms with Gasteiger partial charge in [0.1, 0.15) is 0 Å². The molecule has 7 heteroatoms. The van der Waals surface area contributed by atoms with Crippen LogP contribution in [0.5, 0.6) is 0 Å². The number of hydrogen-bond acceptors (Lipinski definition) is 7. The van der Waals surface area contributed by atoms with E-state index in [1.807, 2.05) is 4.90 Å². The van der Waals surface area contributed by atoms with Crippen molar-refractivity contribution >= 4 is 22.7 Å². The fraction of sp³-hybridized carbons (Fsp3) is 0.529. The van der Waals surface area contributed by atoms with Crippen LogP contribution in [-0.2, 0) is 9.47 Å². The maximum absolute atomic E-state index is 12.5. The highest BCUT2D eigenvalue weighted by Gasteiger charge is 2.19. The zero-order valence-corrected chi connectivity index (χ0v) is 13.5. The molecule has 0 aliphatic carbocycles. The normalized spacial score (nSPS) is 19.6. The average molecular weight is 331 g/mol. The van der Waals surface area contributed by atoms with Crippen LogP contribution >= 0.6 is 0 Å². The first kappa shape index (κ1) is 15.4. The number of rotatable bonds is 3. The van der Waals surface area contributed by atoms with Gasteiger partial charge in [0.25, 0.3) is 0 Å². The summed E-state index contributed by atoms with van der Waals surface area (Å²) in [6.45, 7) is 4.20.